The number of nitrogens with one attached hydrogen (secondary N) is 1. The van der Waals surface area contributed by atoms with Gasteiger partial charge >= 0.3 is 0 Å². The molecule has 0 radical (unpaired) electrons. The number of ether oxygens (including phenoxy) is 2. The minimum atomic E-state index is 0.542. The molecule has 1 heterocycles. The minimum Gasteiger partial charge on any atom is -0.493 e. The van der Waals surface area contributed by atoms with Crippen molar-refractivity contribution >= 4 is 11.0 Å². The molecule has 0 saturated heterocycles. The molecule has 1 N–H and O–H groups in total. The van der Waals surface area contributed by atoms with E-state index in [9.17, 15) is 0 Å². The molecule has 0 spiro atoms. The topological polar surface area (TPSA) is 43.6 Å². The summed E-state index contributed by atoms with van der Waals surface area (Å²) in [5.41, 5.74) is 3.14. The van der Waals surface area contributed by atoms with E-state index in [4.69, 9.17) is 13.9 Å². The van der Waals surface area contributed by atoms with Gasteiger partial charge in [-0.15, -0.1) is 0 Å². The van der Waals surface area contributed by atoms with Crippen molar-refractivity contribution in [2.45, 2.75) is 26.5 Å². The zero-order valence-corrected chi connectivity index (χ0v) is 12.0. The lowest BCUT2D eigenvalue weighted by molar-refractivity contribution is 0.183. The van der Waals surface area contributed by atoms with Crippen LogP contribution in [0.5, 0.6) is 5.75 Å². The van der Waals surface area contributed by atoms with Gasteiger partial charge < -0.3 is 19.2 Å². The Hall–Kier alpha value is -1.52. The highest BCUT2D eigenvalue weighted by atomic mass is 16.5. The summed E-state index contributed by atoms with van der Waals surface area (Å²) in [4.78, 5) is 0. The van der Waals surface area contributed by atoms with Crippen LogP contribution >= 0.6 is 0 Å². The van der Waals surface area contributed by atoms with Crippen LogP contribution in [0.2, 0.25) is 0 Å². The fourth-order valence-corrected chi connectivity index (χ4v) is 2.29. The number of benzene rings is 1. The van der Waals surface area contributed by atoms with Crippen molar-refractivity contribution in [1.29, 1.82) is 0 Å². The molecule has 0 aliphatic heterocycles. The first-order chi connectivity index (χ1) is 9.24. The number of fused-ring (bicyclic) bond motifs is 1. The molecule has 1 aromatic heterocycles. The molecule has 0 unspecified atom stereocenters. The molecule has 2 aromatic rings. The molecule has 4 nitrogen and oxygen atoms in total. The van der Waals surface area contributed by atoms with E-state index in [0.717, 1.165) is 34.5 Å². The van der Waals surface area contributed by atoms with Gasteiger partial charge in [-0.05, 0) is 31.2 Å². The molecule has 4 heteroatoms. The zero-order valence-electron chi connectivity index (χ0n) is 12.0. The number of aryl methyl sites for hydroxylation is 1. The number of rotatable bonds is 6. The van der Waals surface area contributed by atoms with Gasteiger partial charge in [0.2, 0.25) is 0 Å². The smallest absolute Gasteiger partial charge is 0.176 e. The largest absolute Gasteiger partial charge is 0.493 e. The lowest BCUT2D eigenvalue weighted by atomic mass is 10.1. The average molecular weight is 263 g/mol. The van der Waals surface area contributed by atoms with E-state index in [2.05, 4.69) is 18.3 Å². The van der Waals surface area contributed by atoms with Gasteiger partial charge in [0.15, 0.2) is 11.3 Å². The molecule has 19 heavy (non-hydrogen) atoms. The summed E-state index contributed by atoms with van der Waals surface area (Å²) in [7, 11) is 5.27. The van der Waals surface area contributed by atoms with Crippen molar-refractivity contribution < 1.29 is 13.9 Å². The quantitative estimate of drug-likeness (QED) is 0.870. The Bertz CT molecular complexity index is 560. The summed E-state index contributed by atoms with van der Waals surface area (Å²) in [6.45, 7) is 3.35. The molecule has 104 valence electrons. The third-order valence-corrected chi connectivity index (χ3v) is 3.26. The van der Waals surface area contributed by atoms with Crippen molar-refractivity contribution in [2.75, 3.05) is 21.3 Å². The van der Waals surface area contributed by atoms with E-state index < -0.39 is 0 Å². The Balaban J connectivity index is 2.67. The standard InChI is InChI=1S/C15H21NO3/c1-5-10-6-11-12(9-17-3)14(8-16-2)19-15(11)13(7-10)18-4/h6-7,16H,5,8-9H2,1-4H3. The second-order valence-electron chi connectivity index (χ2n) is 4.50. The highest BCUT2D eigenvalue weighted by molar-refractivity contribution is 5.88. The highest BCUT2D eigenvalue weighted by Crippen LogP contribution is 2.34. The van der Waals surface area contributed by atoms with Crippen LogP contribution in [0, 0.1) is 0 Å². The van der Waals surface area contributed by atoms with Crippen molar-refractivity contribution in [2.24, 2.45) is 0 Å². The molecule has 0 fully saturated rings. The molecule has 1 aromatic carbocycles. The Kier molecular flexibility index (Phi) is 4.45. The minimum absolute atomic E-state index is 0.542. The van der Waals surface area contributed by atoms with E-state index in [-0.39, 0.29) is 0 Å². The summed E-state index contributed by atoms with van der Waals surface area (Å²) in [5, 5.41) is 4.21. The summed E-state index contributed by atoms with van der Waals surface area (Å²) < 4.78 is 16.7. The predicted molar refractivity (Wildman–Crippen MR) is 75.6 cm³/mol. The van der Waals surface area contributed by atoms with Crippen LogP contribution in [-0.2, 0) is 24.3 Å². The van der Waals surface area contributed by atoms with Crippen LogP contribution in [0.25, 0.3) is 11.0 Å². The van der Waals surface area contributed by atoms with Crippen molar-refractivity contribution in [3.05, 3.63) is 29.0 Å². The molecular weight excluding hydrogens is 242 g/mol. The van der Waals surface area contributed by atoms with Gasteiger partial charge in [0.25, 0.3) is 0 Å². The summed E-state index contributed by atoms with van der Waals surface area (Å²) in [5.74, 6) is 1.69. The van der Waals surface area contributed by atoms with Crippen LogP contribution in [0.3, 0.4) is 0 Å². The van der Waals surface area contributed by atoms with E-state index in [1.807, 2.05) is 13.1 Å². The van der Waals surface area contributed by atoms with Crippen LogP contribution in [0.1, 0.15) is 23.8 Å². The molecule has 0 aliphatic carbocycles. The number of furan rings is 1. The van der Waals surface area contributed by atoms with Crippen LogP contribution < -0.4 is 10.1 Å². The van der Waals surface area contributed by atoms with Gasteiger partial charge in [0.05, 0.1) is 20.3 Å². The van der Waals surface area contributed by atoms with E-state index >= 15 is 0 Å². The highest BCUT2D eigenvalue weighted by Gasteiger charge is 2.17. The summed E-state index contributed by atoms with van der Waals surface area (Å²) in [6, 6.07) is 4.19. The number of methoxy groups -OCH3 is 2. The first-order valence-electron chi connectivity index (χ1n) is 6.49. The second-order valence-corrected chi connectivity index (χ2v) is 4.50. The lowest BCUT2D eigenvalue weighted by Crippen LogP contribution is -2.06. The maximum absolute atomic E-state index is 5.95. The van der Waals surface area contributed by atoms with Gasteiger partial charge in [0, 0.05) is 18.1 Å². The van der Waals surface area contributed by atoms with Gasteiger partial charge in [-0.1, -0.05) is 6.92 Å². The van der Waals surface area contributed by atoms with Gasteiger partial charge in [-0.2, -0.15) is 0 Å². The molecule has 0 aliphatic rings. The molecule has 0 saturated carbocycles. The maximum Gasteiger partial charge on any atom is 0.176 e. The van der Waals surface area contributed by atoms with Crippen molar-refractivity contribution in [3.63, 3.8) is 0 Å². The molecule has 0 bridgehead atoms. The van der Waals surface area contributed by atoms with Crippen LogP contribution in [0.4, 0.5) is 0 Å². The third-order valence-electron chi connectivity index (χ3n) is 3.26. The Labute approximate surface area is 113 Å². The number of hydrogen-bond acceptors (Lipinski definition) is 4. The molecule has 0 amide bonds. The van der Waals surface area contributed by atoms with Crippen LogP contribution in [0.15, 0.2) is 16.5 Å². The molecule has 0 atom stereocenters. The summed E-state index contributed by atoms with van der Waals surface area (Å²) >= 11 is 0. The zero-order chi connectivity index (χ0) is 13.8. The fourth-order valence-electron chi connectivity index (χ4n) is 2.29. The van der Waals surface area contributed by atoms with E-state index in [1.165, 1.54) is 5.56 Å². The fraction of sp³-hybridized carbons (Fsp3) is 0.467. The van der Waals surface area contributed by atoms with Gasteiger partial charge in [0.1, 0.15) is 5.76 Å². The van der Waals surface area contributed by atoms with Crippen molar-refractivity contribution in [3.8, 4) is 5.75 Å². The third kappa shape index (κ3) is 2.60. The normalized spacial score (nSPS) is 11.2. The maximum atomic E-state index is 5.95. The van der Waals surface area contributed by atoms with Crippen molar-refractivity contribution in [1.82, 2.24) is 5.32 Å². The first kappa shape index (κ1) is 13.9. The Morgan fingerprint density at radius 1 is 1.26 bits per heavy atom. The first-order valence-corrected chi connectivity index (χ1v) is 6.49. The molecular formula is C15H21NO3. The van der Waals surface area contributed by atoms with Gasteiger partial charge in [-0.3, -0.25) is 0 Å². The monoisotopic (exact) mass is 263 g/mol. The second kappa shape index (κ2) is 6.08. The lowest BCUT2D eigenvalue weighted by Gasteiger charge is -2.04. The van der Waals surface area contributed by atoms with E-state index in [1.54, 1.807) is 14.2 Å². The number of hydrogen-bond donors (Lipinski definition) is 1. The van der Waals surface area contributed by atoms with E-state index in [0.29, 0.717) is 13.2 Å². The Morgan fingerprint density at radius 3 is 2.63 bits per heavy atom. The summed E-state index contributed by atoms with van der Waals surface area (Å²) in [6.07, 6.45) is 0.964. The molecule has 2 rings (SSSR count). The Morgan fingerprint density at radius 2 is 2.05 bits per heavy atom. The van der Waals surface area contributed by atoms with Gasteiger partial charge in [-0.25, -0.2) is 0 Å². The predicted octanol–water partition coefficient (Wildman–Crippen LogP) is 2.87. The van der Waals surface area contributed by atoms with Crippen LogP contribution in [-0.4, -0.2) is 21.3 Å². The average Bonchev–Trinajstić information content (AvgIpc) is 2.77. The SMILES string of the molecule is CCc1cc(OC)c2oc(CNC)c(COC)c2c1.